The molecule has 1 rings (SSSR count). The van der Waals surface area contributed by atoms with Crippen LogP contribution in [0.5, 0.6) is 0 Å². The number of aldehydes is 1. The van der Waals surface area contributed by atoms with E-state index in [4.69, 9.17) is 0 Å². The van der Waals surface area contributed by atoms with Crippen LogP contribution in [0.4, 0.5) is 4.39 Å². The van der Waals surface area contributed by atoms with Crippen LogP contribution < -0.4 is 0 Å². The highest BCUT2D eigenvalue weighted by atomic mass is 19.1. The van der Waals surface area contributed by atoms with Crippen LogP contribution in [-0.2, 0) is 6.54 Å². The van der Waals surface area contributed by atoms with Crippen molar-refractivity contribution in [3.8, 4) is 0 Å². The van der Waals surface area contributed by atoms with Crippen molar-refractivity contribution in [3.63, 3.8) is 0 Å². The molecule has 0 spiro atoms. The third-order valence-electron chi connectivity index (χ3n) is 1.12. The molecule has 1 aromatic rings. The molecule has 0 aliphatic rings. The minimum Gasteiger partial charge on any atom is -0.334 e. The van der Waals surface area contributed by atoms with Crippen LogP contribution in [-0.4, -0.2) is 22.5 Å². The molecule has 0 saturated carbocycles. The molecule has 54 valence electrons. The predicted octanol–water partition coefficient (Wildman–Crippen LogP) is 0.665. The number of nitrogens with zero attached hydrogens (tertiary/aromatic N) is 2. The molecule has 1 heterocycles. The Morgan fingerprint density at radius 3 is 3.10 bits per heavy atom. The van der Waals surface area contributed by atoms with Crippen molar-refractivity contribution in [2.24, 2.45) is 0 Å². The highest BCUT2D eigenvalue weighted by molar-refractivity contribution is 5.70. The largest absolute Gasteiger partial charge is 0.334 e. The van der Waals surface area contributed by atoms with Gasteiger partial charge in [0.1, 0.15) is 12.4 Å². The topological polar surface area (TPSA) is 34.9 Å². The lowest BCUT2D eigenvalue weighted by Gasteiger charge is -1.91. The van der Waals surface area contributed by atoms with E-state index in [1.807, 2.05) is 0 Å². The van der Waals surface area contributed by atoms with Gasteiger partial charge in [-0.25, -0.2) is 9.37 Å². The maximum Gasteiger partial charge on any atom is 0.169 e. The van der Waals surface area contributed by atoms with E-state index in [-0.39, 0.29) is 6.54 Å². The summed E-state index contributed by atoms with van der Waals surface area (Å²) in [5.74, 6) is 0. The standard InChI is InChI=1S/C6H7FN2O/c7-1-2-9-3-6(4-10)8-5-9/h3-5H,1-2H2. The Hall–Kier alpha value is -1.19. The van der Waals surface area contributed by atoms with Crippen molar-refractivity contribution in [2.45, 2.75) is 6.54 Å². The molecule has 0 unspecified atom stereocenters. The lowest BCUT2D eigenvalue weighted by molar-refractivity contribution is 0.111. The van der Waals surface area contributed by atoms with Gasteiger partial charge in [0.15, 0.2) is 6.29 Å². The molecule has 10 heavy (non-hydrogen) atoms. The SMILES string of the molecule is O=Cc1cn(CCF)cn1. The Morgan fingerprint density at radius 1 is 1.80 bits per heavy atom. The summed E-state index contributed by atoms with van der Waals surface area (Å²) in [6.45, 7) is -0.171. The molecule has 0 aromatic carbocycles. The smallest absolute Gasteiger partial charge is 0.169 e. The minimum atomic E-state index is -0.436. The highest BCUT2D eigenvalue weighted by Crippen LogP contribution is 1.91. The first kappa shape index (κ1) is 6.92. The van der Waals surface area contributed by atoms with Crippen molar-refractivity contribution in [3.05, 3.63) is 18.2 Å². The number of carbonyl (C=O) groups excluding carboxylic acids is 1. The van der Waals surface area contributed by atoms with Gasteiger partial charge in [-0.05, 0) is 0 Å². The number of hydrogen-bond donors (Lipinski definition) is 0. The molecule has 4 heteroatoms. The van der Waals surface area contributed by atoms with Gasteiger partial charge in [-0.15, -0.1) is 0 Å². The second kappa shape index (κ2) is 3.10. The summed E-state index contributed by atoms with van der Waals surface area (Å²) in [4.78, 5) is 13.7. The van der Waals surface area contributed by atoms with Crippen LogP contribution in [0.15, 0.2) is 12.5 Å². The summed E-state index contributed by atoms with van der Waals surface area (Å²) in [5, 5.41) is 0. The molecule has 0 fully saturated rings. The first-order chi connectivity index (χ1) is 4.86. The third kappa shape index (κ3) is 1.40. The first-order valence-corrected chi connectivity index (χ1v) is 2.89. The van der Waals surface area contributed by atoms with Crippen LogP contribution in [0.1, 0.15) is 10.5 Å². The number of carbonyl (C=O) groups is 1. The first-order valence-electron chi connectivity index (χ1n) is 2.89. The summed E-state index contributed by atoms with van der Waals surface area (Å²) in [6, 6.07) is 0. The second-order valence-corrected chi connectivity index (χ2v) is 1.84. The van der Waals surface area contributed by atoms with E-state index in [1.54, 1.807) is 0 Å². The summed E-state index contributed by atoms with van der Waals surface area (Å²) in [5.41, 5.74) is 0.341. The van der Waals surface area contributed by atoms with E-state index in [1.165, 1.54) is 17.1 Å². The van der Waals surface area contributed by atoms with Crippen LogP contribution in [0.25, 0.3) is 0 Å². The lowest BCUT2D eigenvalue weighted by atomic mass is 10.5. The summed E-state index contributed by atoms with van der Waals surface area (Å²) < 4.78 is 13.2. The van der Waals surface area contributed by atoms with Gasteiger partial charge in [-0.1, -0.05) is 0 Å². The molecular weight excluding hydrogens is 135 g/mol. The minimum absolute atomic E-state index is 0.265. The van der Waals surface area contributed by atoms with Crippen LogP contribution >= 0.6 is 0 Å². The van der Waals surface area contributed by atoms with Gasteiger partial charge < -0.3 is 4.57 Å². The van der Waals surface area contributed by atoms with Crippen LogP contribution in [0.2, 0.25) is 0 Å². The Labute approximate surface area is 57.5 Å². The predicted molar refractivity (Wildman–Crippen MR) is 33.6 cm³/mol. The van der Waals surface area contributed by atoms with Gasteiger partial charge in [0.25, 0.3) is 0 Å². The van der Waals surface area contributed by atoms with Gasteiger partial charge in [0.2, 0.25) is 0 Å². The quantitative estimate of drug-likeness (QED) is 0.581. The number of hydrogen-bond acceptors (Lipinski definition) is 2. The van der Waals surface area contributed by atoms with Gasteiger partial charge >= 0.3 is 0 Å². The highest BCUT2D eigenvalue weighted by Gasteiger charge is 1.94. The molecule has 0 saturated heterocycles. The average molecular weight is 142 g/mol. The number of halogens is 1. The van der Waals surface area contributed by atoms with Crippen LogP contribution in [0.3, 0.4) is 0 Å². The lowest BCUT2D eigenvalue weighted by Crippen LogP contribution is -1.94. The van der Waals surface area contributed by atoms with Gasteiger partial charge in [-0.3, -0.25) is 4.79 Å². The monoisotopic (exact) mass is 142 g/mol. The summed E-state index contributed by atoms with van der Waals surface area (Å²) in [6.07, 6.45) is 3.57. The van der Waals surface area contributed by atoms with Gasteiger partial charge in [-0.2, -0.15) is 0 Å². The fourth-order valence-electron chi connectivity index (χ4n) is 0.658. The van der Waals surface area contributed by atoms with E-state index >= 15 is 0 Å². The number of imidazole rings is 1. The van der Waals surface area contributed by atoms with Crippen molar-refractivity contribution in [2.75, 3.05) is 6.67 Å². The van der Waals surface area contributed by atoms with Crippen molar-refractivity contribution < 1.29 is 9.18 Å². The zero-order valence-electron chi connectivity index (χ0n) is 5.33. The molecule has 0 aliphatic heterocycles. The Balaban J connectivity index is 2.68. The molecule has 3 nitrogen and oxygen atoms in total. The van der Waals surface area contributed by atoms with E-state index in [0.717, 1.165) is 0 Å². The maximum absolute atomic E-state index is 11.7. The third-order valence-corrected chi connectivity index (χ3v) is 1.12. The zero-order valence-corrected chi connectivity index (χ0v) is 5.33. The molecule has 0 bridgehead atoms. The van der Waals surface area contributed by atoms with E-state index < -0.39 is 6.67 Å². The van der Waals surface area contributed by atoms with Gasteiger partial charge in [0, 0.05) is 6.20 Å². The van der Waals surface area contributed by atoms with Crippen molar-refractivity contribution >= 4 is 6.29 Å². The Kier molecular flexibility index (Phi) is 2.15. The van der Waals surface area contributed by atoms with Crippen molar-refractivity contribution in [1.82, 2.24) is 9.55 Å². The molecule has 0 aliphatic carbocycles. The fraction of sp³-hybridized carbons (Fsp3) is 0.333. The molecule has 0 N–H and O–H groups in total. The van der Waals surface area contributed by atoms with Crippen molar-refractivity contribution in [1.29, 1.82) is 0 Å². The van der Waals surface area contributed by atoms with E-state index in [2.05, 4.69) is 4.98 Å². The normalized spacial score (nSPS) is 9.70. The number of aryl methyl sites for hydroxylation is 1. The summed E-state index contributed by atoms with van der Waals surface area (Å²) >= 11 is 0. The fourth-order valence-corrected chi connectivity index (χ4v) is 0.658. The van der Waals surface area contributed by atoms with Gasteiger partial charge in [0.05, 0.1) is 12.9 Å². The Bertz CT molecular complexity index is 221. The molecule has 0 radical (unpaired) electrons. The van der Waals surface area contributed by atoms with E-state index in [0.29, 0.717) is 12.0 Å². The molecular formula is C6H7FN2O. The average Bonchev–Trinajstić information content (AvgIpc) is 2.37. The molecule has 0 atom stereocenters. The molecule has 1 aromatic heterocycles. The van der Waals surface area contributed by atoms with E-state index in [9.17, 15) is 9.18 Å². The zero-order chi connectivity index (χ0) is 7.40. The second-order valence-electron chi connectivity index (χ2n) is 1.84. The number of rotatable bonds is 3. The number of aromatic nitrogens is 2. The maximum atomic E-state index is 11.7. The number of alkyl halides is 1. The van der Waals surface area contributed by atoms with Crippen LogP contribution in [0, 0.1) is 0 Å². The summed E-state index contributed by atoms with van der Waals surface area (Å²) in [7, 11) is 0. The Morgan fingerprint density at radius 2 is 2.60 bits per heavy atom. The molecule has 0 amide bonds.